The third-order valence-corrected chi connectivity index (χ3v) is 4.20. The number of nitrogen functional groups attached to an aromatic ring is 2. The van der Waals surface area contributed by atoms with Gasteiger partial charge in [0.2, 0.25) is 5.95 Å². The number of hydrogen-bond donors (Lipinski definition) is 3. The van der Waals surface area contributed by atoms with Crippen molar-refractivity contribution in [2.45, 2.75) is 13.3 Å². The molecule has 7 nitrogen and oxygen atoms in total. The molecule has 5 N–H and O–H groups in total. The minimum Gasteiger partial charge on any atom is -0.478 e. The van der Waals surface area contributed by atoms with E-state index in [1.807, 2.05) is 13.0 Å². The molecule has 8 heteroatoms. The number of carbonyl (C=O) groups is 1. The first-order valence-electron chi connectivity index (χ1n) is 7.82. The van der Waals surface area contributed by atoms with Crippen LogP contribution in [0.4, 0.5) is 11.8 Å². The van der Waals surface area contributed by atoms with Crippen LogP contribution in [0.15, 0.2) is 36.5 Å². The van der Waals surface area contributed by atoms with Crippen molar-refractivity contribution in [3.05, 3.63) is 52.8 Å². The maximum atomic E-state index is 11.2. The molecule has 1 aromatic carbocycles. The summed E-state index contributed by atoms with van der Waals surface area (Å²) < 4.78 is 0. The highest BCUT2D eigenvalue weighted by Crippen LogP contribution is 2.35. The zero-order valence-corrected chi connectivity index (χ0v) is 14.7. The van der Waals surface area contributed by atoms with E-state index in [1.54, 1.807) is 24.4 Å². The van der Waals surface area contributed by atoms with Crippen molar-refractivity contribution in [1.82, 2.24) is 15.0 Å². The topological polar surface area (TPSA) is 128 Å². The monoisotopic (exact) mass is 369 g/mol. The Morgan fingerprint density at radius 3 is 2.46 bits per heavy atom. The SMILES string of the molecule is CCc1nc(N)nc(-c2ccc(C(=O)O)c(Cl)c2)c1-c1ccc(N)nc1. The first-order chi connectivity index (χ1) is 12.4. The van der Waals surface area contributed by atoms with Crippen LogP contribution >= 0.6 is 11.6 Å². The summed E-state index contributed by atoms with van der Waals surface area (Å²) in [6.07, 6.45) is 2.26. The van der Waals surface area contributed by atoms with Crippen LogP contribution < -0.4 is 11.5 Å². The molecule has 0 saturated carbocycles. The minimum absolute atomic E-state index is 0.0175. The molecule has 0 aliphatic heterocycles. The quantitative estimate of drug-likeness (QED) is 0.643. The smallest absolute Gasteiger partial charge is 0.337 e. The largest absolute Gasteiger partial charge is 0.478 e. The lowest BCUT2D eigenvalue weighted by Crippen LogP contribution is -2.05. The summed E-state index contributed by atoms with van der Waals surface area (Å²) in [5.74, 6) is -0.568. The molecular formula is C18H16ClN5O2. The van der Waals surface area contributed by atoms with Gasteiger partial charge in [-0.1, -0.05) is 24.6 Å². The van der Waals surface area contributed by atoms with Gasteiger partial charge in [0.05, 0.1) is 22.0 Å². The second-order valence-electron chi connectivity index (χ2n) is 5.58. The molecule has 2 heterocycles. The third-order valence-electron chi connectivity index (χ3n) is 3.88. The second-order valence-corrected chi connectivity index (χ2v) is 5.98. The molecule has 2 aromatic heterocycles. The van der Waals surface area contributed by atoms with E-state index < -0.39 is 5.97 Å². The molecule has 0 atom stereocenters. The number of aromatic nitrogens is 3. The zero-order chi connectivity index (χ0) is 18.8. The van der Waals surface area contributed by atoms with Crippen LogP contribution in [0, 0.1) is 0 Å². The Hall–Kier alpha value is -3.19. The fourth-order valence-corrected chi connectivity index (χ4v) is 2.94. The molecular weight excluding hydrogens is 354 g/mol. The van der Waals surface area contributed by atoms with Gasteiger partial charge >= 0.3 is 5.97 Å². The van der Waals surface area contributed by atoms with E-state index in [1.165, 1.54) is 6.07 Å². The normalized spacial score (nSPS) is 10.7. The Balaban J connectivity index is 2.27. The Labute approximate surface area is 154 Å². The highest BCUT2D eigenvalue weighted by atomic mass is 35.5. The van der Waals surface area contributed by atoms with E-state index in [0.717, 1.165) is 16.8 Å². The first kappa shape index (κ1) is 17.6. The lowest BCUT2D eigenvalue weighted by atomic mass is 9.97. The van der Waals surface area contributed by atoms with Gasteiger partial charge in [0.25, 0.3) is 0 Å². The van der Waals surface area contributed by atoms with E-state index in [-0.39, 0.29) is 16.5 Å². The van der Waals surface area contributed by atoms with E-state index in [0.29, 0.717) is 23.5 Å². The van der Waals surface area contributed by atoms with Crippen LogP contribution in [0.5, 0.6) is 0 Å². The van der Waals surface area contributed by atoms with E-state index in [9.17, 15) is 4.79 Å². The minimum atomic E-state index is -1.10. The van der Waals surface area contributed by atoms with Crippen LogP contribution in [-0.4, -0.2) is 26.0 Å². The molecule has 0 radical (unpaired) electrons. The summed E-state index contributed by atoms with van der Waals surface area (Å²) in [5.41, 5.74) is 15.0. The van der Waals surface area contributed by atoms with E-state index in [4.69, 9.17) is 28.2 Å². The average molecular weight is 370 g/mol. The number of hydrogen-bond acceptors (Lipinski definition) is 6. The van der Waals surface area contributed by atoms with Crippen LogP contribution in [0.25, 0.3) is 22.4 Å². The van der Waals surface area contributed by atoms with Crippen LogP contribution in [0.1, 0.15) is 23.0 Å². The molecule has 0 aliphatic carbocycles. The van der Waals surface area contributed by atoms with Crippen molar-refractivity contribution in [3.63, 3.8) is 0 Å². The lowest BCUT2D eigenvalue weighted by Gasteiger charge is -2.14. The van der Waals surface area contributed by atoms with Crippen molar-refractivity contribution >= 4 is 29.3 Å². The summed E-state index contributed by atoms with van der Waals surface area (Å²) in [7, 11) is 0. The van der Waals surface area contributed by atoms with E-state index in [2.05, 4.69) is 15.0 Å². The van der Waals surface area contributed by atoms with Crippen LogP contribution in [0.3, 0.4) is 0 Å². The van der Waals surface area contributed by atoms with Gasteiger partial charge in [-0.25, -0.2) is 19.7 Å². The number of nitrogens with two attached hydrogens (primary N) is 2. The fourth-order valence-electron chi connectivity index (χ4n) is 2.68. The molecule has 0 aliphatic rings. The van der Waals surface area contributed by atoms with Gasteiger partial charge in [0.15, 0.2) is 0 Å². The number of carboxylic acid groups (broad SMARTS) is 1. The summed E-state index contributed by atoms with van der Waals surface area (Å²) >= 11 is 6.12. The van der Waals surface area contributed by atoms with Crippen molar-refractivity contribution in [2.24, 2.45) is 0 Å². The van der Waals surface area contributed by atoms with Gasteiger partial charge in [-0.2, -0.15) is 0 Å². The average Bonchev–Trinajstić information content (AvgIpc) is 2.61. The zero-order valence-electron chi connectivity index (χ0n) is 13.9. The standard InChI is InChI=1S/C18H16ClN5O2/c1-2-13-15(10-4-6-14(20)22-8-10)16(24-18(21)23-13)9-3-5-11(17(25)26)12(19)7-9/h3-8H,2H2,1H3,(H2,20,22)(H,25,26)(H2,21,23,24). The number of anilines is 2. The number of aryl methyl sites for hydroxylation is 1. The number of carboxylic acids is 1. The summed E-state index contributed by atoms with van der Waals surface area (Å²) in [5, 5.41) is 9.28. The predicted octanol–water partition coefficient (Wildman–Crippen LogP) is 3.28. The number of rotatable bonds is 4. The number of pyridine rings is 1. The first-order valence-corrected chi connectivity index (χ1v) is 8.20. The van der Waals surface area contributed by atoms with Gasteiger partial charge in [0.1, 0.15) is 5.82 Å². The van der Waals surface area contributed by atoms with Crippen molar-refractivity contribution in [3.8, 4) is 22.4 Å². The Bertz CT molecular complexity index is 990. The number of aromatic carboxylic acids is 1. The van der Waals surface area contributed by atoms with Crippen molar-refractivity contribution in [2.75, 3.05) is 11.5 Å². The molecule has 0 bridgehead atoms. The number of halogens is 1. The molecule has 0 saturated heterocycles. The van der Waals surface area contributed by atoms with Gasteiger partial charge in [-0.05, 0) is 30.7 Å². The molecule has 0 amide bonds. The number of nitrogens with zero attached hydrogens (tertiary/aromatic N) is 3. The highest BCUT2D eigenvalue weighted by molar-refractivity contribution is 6.33. The lowest BCUT2D eigenvalue weighted by molar-refractivity contribution is 0.0697. The van der Waals surface area contributed by atoms with Crippen molar-refractivity contribution in [1.29, 1.82) is 0 Å². The molecule has 0 spiro atoms. The van der Waals surface area contributed by atoms with Crippen LogP contribution in [0.2, 0.25) is 5.02 Å². The van der Waals surface area contributed by atoms with Crippen molar-refractivity contribution < 1.29 is 9.90 Å². The van der Waals surface area contributed by atoms with Gasteiger partial charge in [0, 0.05) is 22.9 Å². The van der Waals surface area contributed by atoms with Gasteiger partial charge < -0.3 is 16.6 Å². The van der Waals surface area contributed by atoms with Gasteiger partial charge in [-0.15, -0.1) is 0 Å². The Morgan fingerprint density at radius 1 is 1.15 bits per heavy atom. The second kappa shape index (κ2) is 6.97. The summed E-state index contributed by atoms with van der Waals surface area (Å²) in [6, 6.07) is 8.16. The number of benzene rings is 1. The van der Waals surface area contributed by atoms with Gasteiger partial charge in [-0.3, -0.25) is 0 Å². The maximum Gasteiger partial charge on any atom is 0.337 e. The highest BCUT2D eigenvalue weighted by Gasteiger charge is 2.18. The molecule has 3 rings (SSSR count). The Morgan fingerprint density at radius 2 is 1.88 bits per heavy atom. The fraction of sp³-hybridized carbons (Fsp3) is 0.111. The molecule has 0 unspecified atom stereocenters. The maximum absolute atomic E-state index is 11.2. The Kier molecular flexibility index (Phi) is 4.73. The molecule has 132 valence electrons. The molecule has 3 aromatic rings. The third kappa shape index (κ3) is 3.29. The summed E-state index contributed by atoms with van der Waals surface area (Å²) in [4.78, 5) is 24.0. The summed E-state index contributed by atoms with van der Waals surface area (Å²) in [6.45, 7) is 1.96. The van der Waals surface area contributed by atoms with Crippen LogP contribution in [-0.2, 0) is 6.42 Å². The molecule has 0 fully saturated rings. The predicted molar refractivity (Wildman–Crippen MR) is 101 cm³/mol. The molecule has 26 heavy (non-hydrogen) atoms. The van der Waals surface area contributed by atoms with E-state index >= 15 is 0 Å².